The van der Waals surface area contributed by atoms with Gasteiger partial charge in [-0.1, -0.05) is 44.2 Å². The van der Waals surface area contributed by atoms with Crippen LogP contribution in [0.4, 0.5) is 0 Å². The minimum atomic E-state index is -1.53. The average molecular weight is 273 g/mol. The van der Waals surface area contributed by atoms with Crippen LogP contribution in [0.25, 0.3) is 0 Å². The summed E-state index contributed by atoms with van der Waals surface area (Å²) in [6.07, 6.45) is 0. The van der Waals surface area contributed by atoms with Crippen molar-refractivity contribution in [3.8, 4) is 6.07 Å². The molecule has 0 N–H and O–H groups in total. The number of rotatable bonds is 5. The predicted octanol–water partition coefficient (Wildman–Crippen LogP) is 2.99. The smallest absolute Gasteiger partial charge is 0.327 e. The van der Waals surface area contributed by atoms with E-state index in [4.69, 9.17) is 4.74 Å². The zero-order valence-corrected chi connectivity index (χ0v) is 12.3. The molecule has 0 bridgehead atoms. The lowest BCUT2D eigenvalue weighted by atomic mass is 9.64. The van der Waals surface area contributed by atoms with Gasteiger partial charge in [0.15, 0.2) is 11.2 Å². The first kappa shape index (κ1) is 15.9. The van der Waals surface area contributed by atoms with Crippen LogP contribution in [0.5, 0.6) is 0 Å². The molecule has 0 heterocycles. The van der Waals surface area contributed by atoms with E-state index in [1.165, 1.54) is 6.92 Å². The lowest BCUT2D eigenvalue weighted by Crippen LogP contribution is -2.47. The Bertz CT molecular complexity index is 543. The molecule has 20 heavy (non-hydrogen) atoms. The van der Waals surface area contributed by atoms with E-state index in [2.05, 4.69) is 0 Å². The monoisotopic (exact) mass is 273 g/mol. The summed E-state index contributed by atoms with van der Waals surface area (Å²) < 4.78 is 4.96. The second kappa shape index (κ2) is 5.87. The molecule has 1 rings (SSSR count). The number of Topliss-reactive ketones (excluding diaryl/α,β-unsaturated/α-hetero) is 1. The standard InChI is InChI=1S/C16H19NO3/c1-5-20-14(19)16(4,11-17)15(2,3)13(18)12-9-7-6-8-10-12/h6-10H,5H2,1-4H3. The third-order valence-corrected chi connectivity index (χ3v) is 3.76. The minimum absolute atomic E-state index is 0.172. The molecule has 0 radical (unpaired) electrons. The molecule has 0 saturated heterocycles. The summed E-state index contributed by atoms with van der Waals surface area (Å²) in [6, 6.07) is 10.6. The van der Waals surface area contributed by atoms with Crippen LogP contribution in [0.2, 0.25) is 0 Å². The molecule has 0 aliphatic heterocycles. The summed E-state index contributed by atoms with van der Waals surface area (Å²) in [7, 11) is 0. The van der Waals surface area contributed by atoms with Crippen molar-refractivity contribution < 1.29 is 14.3 Å². The minimum Gasteiger partial charge on any atom is -0.465 e. The second-order valence-electron chi connectivity index (χ2n) is 5.28. The maximum atomic E-state index is 12.6. The number of nitriles is 1. The summed E-state index contributed by atoms with van der Waals surface area (Å²) in [5, 5.41) is 9.41. The Hall–Kier alpha value is -2.15. The molecule has 0 aliphatic rings. The molecule has 0 aliphatic carbocycles. The highest BCUT2D eigenvalue weighted by molar-refractivity contribution is 6.04. The molecule has 4 nitrogen and oxygen atoms in total. The first-order valence-electron chi connectivity index (χ1n) is 6.49. The van der Waals surface area contributed by atoms with Crippen LogP contribution in [0.3, 0.4) is 0 Å². The van der Waals surface area contributed by atoms with Crippen molar-refractivity contribution in [2.75, 3.05) is 6.61 Å². The molecule has 4 heteroatoms. The fourth-order valence-electron chi connectivity index (χ4n) is 1.89. The molecule has 1 unspecified atom stereocenters. The molecule has 0 saturated carbocycles. The van der Waals surface area contributed by atoms with Crippen molar-refractivity contribution in [1.82, 2.24) is 0 Å². The topological polar surface area (TPSA) is 67.2 Å². The fraction of sp³-hybridized carbons (Fsp3) is 0.438. The van der Waals surface area contributed by atoms with Crippen LogP contribution < -0.4 is 0 Å². The average Bonchev–Trinajstić information content (AvgIpc) is 2.46. The zero-order chi connectivity index (χ0) is 15.4. The fourth-order valence-corrected chi connectivity index (χ4v) is 1.89. The highest BCUT2D eigenvalue weighted by atomic mass is 16.5. The molecular weight excluding hydrogens is 254 g/mol. The lowest BCUT2D eigenvalue weighted by Gasteiger charge is -2.35. The number of hydrogen-bond acceptors (Lipinski definition) is 4. The molecular formula is C16H19NO3. The first-order valence-corrected chi connectivity index (χ1v) is 6.49. The van der Waals surface area contributed by atoms with Gasteiger partial charge in [0, 0.05) is 5.56 Å². The molecule has 0 aromatic heterocycles. The van der Waals surface area contributed by atoms with E-state index in [0.29, 0.717) is 5.56 Å². The number of carbonyl (C=O) groups excluding carboxylic acids is 2. The predicted molar refractivity (Wildman–Crippen MR) is 74.9 cm³/mol. The number of benzene rings is 1. The number of ketones is 1. The largest absolute Gasteiger partial charge is 0.465 e. The van der Waals surface area contributed by atoms with Gasteiger partial charge in [0.2, 0.25) is 0 Å². The zero-order valence-electron chi connectivity index (χ0n) is 12.3. The normalized spacial score (nSPS) is 13.9. The van der Waals surface area contributed by atoms with Crippen molar-refractivity contribution >= 4 is 11.8 Å². The SMILES string of the molecule is CCOC(=O)C(C)(C#N)C(C)(C)C(=O)c1ccccc1. The second-order valence-corrected chi connectivity index (χ2v) is 5.28. The van der Waals surface area contributed by atoms with Gasteiger partial charge in [-0.15, -0.1) is 0 Å². The summed E-state index contributed by atoms with van der Waals surface area (Å²) in [5.41, 5.74) is -2.24. The van der Waals surface area contributed by atoms with E-state index in [9.17, 15) is 14.9 Å². The van der Waals surface area contributed by atoms with Gasteiger partial charge in [0.1, 0.15) is 0 Å². The van der Waals surface area contributed by atoms with Gasteiger partial charge >= 0.3 is 5.97 Å². The maximum absolute atomic E-state index is 12.6. The Balaban J connectivity index is 3.23. The van der Waals surface area contributed by atoms with Gasteiger partial charge in [-0.05, 0) is 13.8 Å². The van der Waals surface area contributed by atoms with Crippen molar-refractivity contribution in [3.05, 3.63) is 35.9 Å². The summed E-state index contributed by atoms with van der Waals surface area (Å²) in [4.78, 5) is 24.7. The van der Waals surface area contributed by atoms with Crippen molar-refractivity contribution in [3.63, 3.8) is 0 Å². The number of ether oxygens (including phenoxy) is 1. The van der Waals surface area contributed by atoms with Crippen molar-refractivity contribution in [2.24, 2.45) is 10.8 Å². The van der Waals surface area contributed by atoms with Crippen LogP contribution in [-0.4, -0.2) is 18.4 Å². The van der Waals surface area contributed by atoms with Crippen molar-refractivity contribution in [1.29, 1.82) is 5.26 Å². The van der Waals surface area contributed by atoms with Crippen LogP contribution in [0.1, 0.15) is 38.1 Å². The van der Waals surface area contributed by atoms with Crippen molar-refractivity contribution in [2.45, 2.75) is 27.7 Å². The van der Waals surface area contributed by atoms with Gasteiger partial charge in [-0.2, -0.15) is 5.26 Å². The Morgan fingerprint density at radius 2 is 1.75 bits per heavy atom. The van der Waals surface area contributed by atoms with E-state index in [1.807, 2.05) is 6.07 Å². The molecule has 1 aromatic rings. The van der Waals surface area contributed by atoms with Gasteiger partial charge in [-0.25, -0.2) is 0 Å². The van der Waals surface area contributed by atoms with Crippen LogP contribution in [0, 0.1) is 22.2 Å². The Kier molecular flexibility index (Phi) is 4.67. The molecule has 1 atom stereocenters. The molecule has 0 amide bonds. The number of esters is 1. The highest BCUT2D eigenvalue weighted by Crippen LogP contribution is 2.42. The van der Waals surface area contributed by atoms with E-state index in [-0.39, 0.29) is 12.4 Å². The van der Waals surface area contributed by atoms with Crippen LogP contribution in [0.15, 0.2) is 30.3 Å². The van der Waals surface area contributed by atoms with E-state index in [1.54, 1.807) is 51.1 Å². The maximum Gasteiger partial charge on any atom is 0.327 e. The number of carbonyl (C=O) groups is 2. The van der Waals surface area contributed by atoms with E-state index >= 15 is 0 Å². The first-order chi connectivity index (χ1) is 9.31. The summed E-state index contributed by atoms with van der Waals surface area (Å²) >= 11 is 0. The molecule has 0 fully saturated rings. The van der Waals surface area contributed by atoms with Crippen LogP contribution >= 0.6 is 0 Å². The third-order valence-electron chi connectivity index (χ3n) is 3.76. The Morgan fingerprint density at radius 3 is 2.20 bits per heavy atom. The third kappa shape index (κ3) is 2.57. The molecule has 106 valence electrons. The van der Waals surface area contributed by atoms with E-state index < -0.39 is 16.8 Å². The highest BCUT2D eigenvalue weighted by Gasteiger charge is 2.53. The van der Waals surface area contributed by atoms with Gasteiger partial charge in [0.05, 0.1) is 18.1 Å². The molecule has 1 aromatic carbocycles. The van der Waals surface area contributed by atoms with Gasteiger partial charge in [-0.3, -0.25) is 9.59 Å². The summed E-state index contributed by atoms with van der Waals surface area (Å²) in [6.45, 7) is 6.49. The van der Waals surface area contributed by atoms with Gasteiger partial charge < -0.3 is 4.74 Å². The van der Waals surface area contributed by atoms with Crippen LogP contribution in [-0.2, 0) is 9.53 Å². The number of hydrogen-bond donors (Lipinski definition) is 0. The Labute approximate surface area is 119 Å². The molecule has 0 spiro atoms. The van der Waals surface area contributed by atoms with E-state index in [0.717, 1.165) is 0 Å². The number of nitrogens with zero attached hydrogens (tertiary/aromatic N) is 1. The quantitative estimate of drug-likeness (QED) is 0.611. The van der Waals surface area contributed by atoms with Gasteiger partial charge in [0.25, 0.3) is 0 Å². The lowest BCUT2D eigenvalue weighted by molar-refractivity contribution is -0.155. The Morgan fingerprint density at radius 1 is 1.20 bits per heavy atom. The summed E-state index contributed by atoms with van der Waals surface area (Å²) in [5.74, 6) is -0.924.